The normalized spacial score (nSPS) is 17.7. The zero-order valence-corrected chi connectivity index (χ0v) is 16.6. The number of anilines is 1. The number of ketones is 1. The van der Waals surface area contributed by atoms with Crippen LogP contribution in [0.15, 0.2) is 84.4 Å². The van der Waals surface area contributed by atoms with Gasteiger partial charge in [0.1, 0.15) is 5.76 Å². The summed E-state index contributed by atoms with van der Waals surface area (Å²) in [7, 11) is 0. The second-order valence-corrected chi connectivity index (χ2v) is 7.22. The topological polar surface area (TPSA) is 101 Å². The fourth-order valence-corrected chi connectivity index (χ4v) is 3.65. The molecule has 4 rings (SSSR count). The number of amides is 1. The highest BCUT2D eigenvalue weighted by molar-refractivity contribution is 6.51. The first-order valence-corrected chi connectivity index (χ1v) is 9.56. The molecule has 154 valence electrons. The maximum Gasteiger partial charge on any atom is 0.300 e. The van der Waals surface area contributed by atoms with E-state index in [-0.39, 0.29) is 22.6 Å². The van der Waals surface area contributed by atoms with Gasteiger partial charge < -0.3 is 5.11 Å². The number of hydrogen-bond acceptors (Lipinski definition) is 5. The Balaban J connectivity index is 1.90. The van der Waals surface area contributed by atoms with Crippen LogP contribution in [0.1, 0.15) is 22.7 Å². The maximum absolute atomic E-state index is 13.0. The SMILES string of the molecule is Cc1ccc(N2C(=O)C(=O)/C(=C(/O)c3ccc([N+](=O)[O-])cc3)[C@@H]2c2ccccc2)cc1. The summed E-state index contributed by atoms with van der Waals surface area (Å²) in [6.45, 7) is 1.92. The molecule has 0 unspecified atom stereocenters. The van der Waals surface area contributed by atoms with Gasteiger partial charge in [-0.3, -0.25) is 24.6 Å². The summed E-state index contributed by atoms with van der Waals surface area (Å²) >= 11 is 0. The van der Waals surface area contributed by atoms with E-state index in [1.54, 1.807) is 36.4 Å². The molecule has 1 heterocycles. The number of carbonyl (C=O) groups excluding carboxylic acids is 2. The predicted octanol–water partition coefficient (Wildman–Crippen LogP) is 4.53. The number of non-ortho nitro benzene ring substituents is 1. The van der Waals surface area contributed by atoms with Crippen LogP contribution in [0.4, 0.5) is 11.4 Å². The monoisotopic (exact) mass is 414 g/mol. The van der Waals surface area contributed by atoms with Crippen LogP contribution in [0.25, 0.3) is 5.76 Å². The standard InChI is InChI=1S/C24H18N2O5/c1-15-7-11-18(12-8-15)25-21(16-5-3-2-4-6-16)20(23(28)24(25)29)22(27)17-9-13-19(14-10-17)26(30)31/h2-14,21,27H,1H3/b22-20+/t21-/m0/s1. The first-order chi connectivity index (χ1) is 14.9. The first kappa shape index (κ1) is 20.0. The third kappa shape index (κ3) is 3.57. The smallest absolute Gasteiger partial charge is 0.300 e. The molecular weight excluding hydrogens is 396 g/mol. The lowest BCUT2D eigenvalue weighted by molar-refractivity contribution is -0.384. The summed E-state index contributed by atoms with van der Waals surface area (Å²) in [5.74, 6) is -1.94. The summed E-state index contributed by atoms with van der Waals surface area (Å²) in [6, 6.07) is 20.5. The van der Waals surface area contributed by atoms with Crippen molar-refractivity contribution in [3.05, 3.63) is 111 Å². The number of aliphatic hydroxyl groups is 1. The number of aryl methyl sites for hydroxylation is 1. The van der Waals surface area contributed by atoms with E-state index in [1.807, 2.05) is 25.1 Å². The van der Waals surface area contributed by atoms with E-state index in [2.05, 4.69) is 0 Å². The molecule has 1 aliphatic heterocycles. The zero-order chi connectivity index (χ0) is 22.1. The third-order valence-corrected chi connectivity index (χ3v) is 5.22. The molecule has 1 N–H and O–H groups in total. The van der Waals surface area contributed by atoms with E-state index in [0.717, 1.165) is 5.56 Å². The highest BCUT2D eigenvalue weighted by atomic mass is 16.6. The van der Waals surface area contributed by atoms with Crippen molar-refractivity contribution in [3.8, 4) is 0 Å². The lowest BCUT2D eigenvalue weighted by Gasteiger charge is -2.25. The highest BCUT2D eigenvalue weighted by Crippen LogP contribution is 2.42. The number of rotatable bonds is 4. The van der Waals surface area contributed by atoms with Gasteiger partial charge in [0.05, 0.1) is 16.5 Å². The van der Waals surface area contributed by atoms with Crippen molar-refractivity contribution >= 4 is 28.8 Å². The van der Waals surface area contributed by atoms with E-state index < -0.39 is 22.7 Å². The Morgan fingerprint density at radius 3 is 2.13 bits per heavy atom. The van der Waals surface area contributed by atoms with Gasteiger partial charge in [-0.05, 0) is 36.8 Å². The van der Waals surface area contributed by atoms with Crippen LogP contribution in [0.3, 0.4) is 0 Å². The Hall–Kier alpha value is -4.26. The summed E-state index contributed by atoms with van der Waals surface area (Å²) in [5.41, 5.74) is 2.20. The summed E-state index contributed by atoms with van der Waals surface area (Å²) < 4.78 is 0. The van der Waals surface area contributed by atoms with Crippen molar-refractivity contribution < 1.29 is 19.6 Å². The molecule has 1 fully saturated rings. The number of nitrogens with zero attached hydrogens (tertiary/aromatic N) is 2. The van der Waals surface area contributed by atoms with Crippen LogP contribution in [-0.4, -0.2) is 21.7 Å². The zero-order valence-electron chi connectivity index (χ0n) is 16.6. The van der Waals surface area contributed by atoms with E-state index >= 15 is 0 Å². The number of carbonyl (C=O) groups is 2. The number of Topliss-reactive ketones (excluding diaryl/α,β-unsaturated/α-hetero) is 1. The largest absolute Gasteiger partial charge is 0.507 e. The fourth-order valence-electron chi connectivity index (χ4n) is 3.65. The molecule has 1 atom stereocenters. The molecule has 1 saturated heterocycles. The summed E-state index contributed by atoms with van der Waals surface area (Å²) in [4.78, 5) is 37.8. The van der Waals surface area contributed by atoms with Crippen molar-refractivity contribution in [2.24, 2.45) is 0 Å². The van der Waals surface area contributed by atoms with E-state index in [4.69, 9.17) is 0 Å². The van der Waals surface area contributed by atoms with Crippen LogP contribution < -0.4 is 4.90 Å². The van der Waals surface area contributed by atoms with Gasteiger partial charge in [-0.1, -0.05) is 48.0 Å². The van der Waals surface area contributed by atoms with Crippen molar-refractivity contribution in [3.63, 3.8) is 0 Å². The van der Waals surface area contributed by atoms with Crippen molar-refractivity contribution in [2.75, 3.05) is 4.90 Å². The molecule has 3 aromatic carbocycles. The van der Waals surface area contributed by atoms with Gasteiger partial charge in [-0.25, -0.2) is 0 Å². The molecule has 1 amide bonds. The second-order valence-electron chi connectivity index (χ2n) is 7.22. The molecule has 0 spiro atoms. The van der Waals surface area contributed by atoms with Gasteiger partial charge in [-0.15, -0.1) is 0 Å². The minimum atomic E-state index is -0.834. The van der Waals surface area contributed by atoms with Crippen LogP contribution in [0.2, 0.25) is 0 Å². The summed E-state index contributed by atoms with van der Waals surface area (Å²) in [6.07, 6.45) is 0. The Bertz CT molecular complexity index is 1200. The molecule has 0 saturated carbocycles. The Morgan fingerprint density at radius 2 is 1.55 bits per heavy atom. The van der Waals surface area contributed by atoms with Gasteiger partial charge in [0, 0.05) is 23.4 Å². The molecule has 0 aromatic heterocycles. The van der Waals surface area contributed by atoms with E-state index in [0.29, 0.717) is 11.3 Å². The Morgan fingerprint density at radius 1 is 0.935 bits per heavy atom. The molecule has 0 bridgehead atoms. The van der Waals surface area contributed by atoms with Gasteiger partial charge >= 0.3 is 0 Å². The highest BCUT2D eigenvalue weighted by Gasteiger charge is 2.46. The molecule has 31 heavy (non-hydrogen) atoms. The fraction of sp³-hybridized carbons (Fsp3) is 0.0833. The van der Waals surface area contributed by atoms with Crippen molar-refractivity contribution in [2.45, 2.75) is 13.0 Å². The minimum absolute atomic E-state index is 0.0642. The molecule has 3 aromatic rings. The maximum atomic E-state index is 13.0. The lowest BCUT2D eigenvalue weighted by atomic mass is 9.95. The van der Waals surface area contributed by atoms with Gasteiger partial charge in [-0.2, -0.15) is 0 Å². The van der Waals surface area contributed by atoms with Crippen LogP contribution in [0.5, 0.6) is 0 Å². The number of hydrogen-bond donors (Lipinski definition) is 1. The van der Waals surface area contributed by atoms with Crippen molar-refractivity contribution in [1.29, 1.82) is 0 Å². The lowest BCUT2D eigenvalue weighted by Crippen LogP contribution is -2.29. The van der Waals surface area contributed by atoms with Crippen LogP contribution >= 0.6 is 0 Å². The quantitative estimate of drug-likeness (QED) is 0.222. The molecule has 0 aliphatic carbocycles. The Kier molecular flexibility index (Phi) is 5.09. The van der Waals surface area contributed by atoms with Crippen LogP contribution in [0, 0.1) is 17.0 Å². The van der Waals surface area contributed by atoms with Gasteiger partial charge in [0.15, 0.2) is 0 Å². The van der Waals surface area contributed by atoms with E-state index in [9.17, 15) is 24.8 Å². The Labute approximate surface area is 178 Å². The third-order valence-electron chi connectivity index (χ3n) is 5.22. The number of nitro groups is 1. The van der Waals surface area contributed by atoms with Gasteiger partial charge in [0.25, 0.3) is 17.4 Å². The molecular formula is C24H18N2O5. The minimum Gasteiger partial charge on any atom is -0.507 e. The predicted molar refractivity (Wildman–Crippen MR) is 116 cm³/mol. The number of nitro benzene ring substituents is 1. The van der Waals surface area contributed by atoms with E-state index in [1.165, 1.54) is 29.2 Å². The average Bonchev–Trinajstić information content (AvgIpc) is 3.05. The number of benzene rings is 3. The molecule has 0 radical (unpaired) electrons. The van der Waals surface area contributed by atoms with Crippen LogP contribution in [-0.2, 0) is 9.59 Å². The molecule has 7 heteroatoms. The van der Waals surface area contributed by atoms with Gasteiger partial charge in [0.2, 0.25) is 0 Å². The molecule has 7 nitrogen and oxygen atoms in total. The first-order valence-electron chi connectivity index (χ1n) is 9.56. The molecule has 1 aliphatic rings. The number of aliphatic hydroxyl groups excluding tert-OH is 1. The van der Waals surface area contributed by atoms with Crippen molar-refractivity contribution in [1.82, 2.24) is 0 Å². The average molecular weight is 414 g/mol. The second kappa shape index (κ2) is 7.87. The summed E-state index contributed by atoms with van der Waals surface area (Å²) in [5, 5.41) is 21.9.